The molecule has 12 rings (SSSR count). The van der Waals surface area contributed by atoms with Gasteiger partial charge in [-0.15, -0.1) is 22.7 Å². The van der Waals surface area contributed by atoms with Crippen molar-refractivity contribution in [1.82, 2.24) is 45.1 Å². The van der Waals surface area contributed by atoms with Crippen LogP contribution in [-0.2, 0) is 28.7 Å². The van der Waals surface area contributed by atoms with Crippen molar-refractivity contribution in [3.05, 3.63) is 125 Å². The number of ether oxygens (including phenoxy) is 2. The lowest BCUT2D eigenvalue weighted by atomic mass is 9.95. The molecule has 4 N–H and O–H groups in total. The largest absolute Gasteiger partial charge is 0.481 e. The minimum Gasteiger partial charge on any atom is -0.481 e. The Morgan fingerprint density at radius 2 is 1.15 bits per heavy atom. The number of esters is 2. The minimum atomic E-state index is -0.902. The second-order valence-electron chi connectivity index (χ2n) is 21.2. The second-order valence-corrected chi connectivity index (χ2v) is 24.4. The molecule has 86 heavy (non-hydrogen) atoms. The van der Waals surface area contributed by atoms with Gasteiger partial charge in [0.1, 0.15) is 23.7 Å². The smallest absolute Gasteiger partial charge is 0.338 e. The van der Waals surface area contributed by atoms with E-state index in [0.29, 0.717) is 107 Å². The van der Waals surface area contributed by atoms with Crippen LogP contribution in [0.5, 0.6) is 0 Å². The Morgan fingerprint density at radius 1 is 0.686 bits per heavy atom. The van der Waals surface area contributed by atoms with Gasteiger partial charge in [0.05, 0.1) is 61.4 Å². The molecule has 0 spiro atoms. The molecule has 2 saturated carbocycles. The van der Waals surface area contributed by atoms with Gasteiger partial charge in [-0.1, -0.05) is 73.5 Å². The zero-order chi connectivity index (χ0) is 58.9. The van der Waals surface area contributed by atoms with Crippen LogP contribution in [-0.4, -0.2) is 181 Å². The van der Waals surface area contributed by atoms with E-state index in [0.717, 1.165) is 38.8 Å². The first-order valence-corrected chi connectivity index (χ1v) is 30.4. The summed E-state index contributed by atoms with van der Waals surface area (Å²) in [4.78, 5) is 101. The van der Waals surface area contributed by atoms with E-state index >= 15 is 0 Å². The van der Waals surface area contributed by atoms with E-state index in [-0.39, 0.29) is 74.4 Å². The van der Waals surface area contributed by atoms with Gasteiger partial charge in [-0.2, -0.15) is 0 Å². The Kier molecular flexibility index (Phi) is 21.8. The molecule has 0 unspecified atom stereocenters. The number of aromatic nitrogens is 2. The lowest BCUT2D eigenvalue weighted by Crippen LogP contribution is -2.53. The summed E-state index contributed by atoms with van der Waals surface area (Å²) in [6.07, 6.45) is 9.83. The highest BCUT2D eigenvalue weighted by atomic mass is 79.9. The van der Waals surface area contributed by atoms with Gasteiger partial charge in [-0.05, 0) is 69.2 Å². The summed E-state index contributed by atoms with van der Waals surface area (Å²) in [6, 6.07) is 6.58. The van der Waals surface area contributed by atoms with E-state index < -0.39 is 53.1 Å². The molecule has 464 valence electrons. The average Bonchev–Trinajstić information content (AvgIpc) is 1.57. The molecule has 8 aliphatic rings. The zero-order valence-corrected chi connectivity index (χ0v) is 49.7. The number of piperazine rings is 1. The van der Waals surface area contributed by atoms with Gasteiger partial charge in [0.15, 0.2) is 21.7 Å². The number of urea groups is 2. The normalized spacial score (nSPS) is 22.3. The maximum atomic E-state index is 13.9. The van der Waals surface area contributed by atoms with E-state index in [2.05, 4.69) is 46.4 Å². The number of piperidine rings is 1. The first kappa shape index (κ1) is 66.9. The summed E-state index contributed by atoms with van der Waals surface area (Å²) in [7, 11) is 2.59. The topological polar surface area (TPSA) is 252 Å². The molecule has 2 aromatic carbocycles. The molecule has 2 aromatic heterocycles. The number of rotatable bonds is 15. The van der Waals surface area contributed by atoms with E-state index in [1.807, 2.05) is 25.5 Å². The SMILES string of the molecule is C.C.C.COC(=O)C1=C(CBr)NC(c2nccs2)=N[C@H]1c1ccc(F)cc1Cl.COC(=O)C1=C(CN2CCN3C(=O)N(C4(CC(=O)O)CC4)C[C@@H]3C2)NC(c2nccs2)=N[C@H]1c1ccc(F)cc1Cl.O=C(O)CC1(N2C[C@@H]3CCCCN3C2=O)CC1. The van der Waals surface area contributed by atoms with Crippen LogP contribution >= 0.6 is 61.8 Å². The Morgan fingerprint density at radius 3 is 1.57 bits per heavy atom. The molecule has 28 heteroatoms. The number of thiazole rings is 2. The highest BCUT2D eigenvalue weighted by molar-refractivity contribution is 9.09. The van der Waals surface area contributed by atoms with Crippen LogP contribution in [0.4, 0.5) is 18.4 Å². The first-order chi connectivity index (χ1) is 39.9. The monoisotopic (exact) mass is 1330 g/mol. The van der Waals surface area contributed by atoms with Gasteiger partial charge < -0.3 is 49.9 Å². The standard InChI is InChI=1S/C27H28ClFN6O5S.C16H12BrClFN3O2S.C12H18N2O3.3CH4/c1-40-25(38)21-19(31-23(24-30-6-9-41-24)32-22(21)17-3-2-15(29)10-18(17)28)14-33-7-8-34-16(12-33)13-35(26(34)39)27(4-5-27)11-20(36)37;1-24-16(23)12-11(7-17)21-14(15-20-4-5-25-15)22-13(12)9-3-2-8(19)6-10(9)18;15-10(16)7-12(4-5-12)14-8-9-3-1-2-6-13(9)11(14)17;;;/h2-3,6,9-10,16,22H,4-5,7-8,11-14H2,1H3,(H,31,32)(H,36,37);2-6,13H,7H2,1H3,(H,21,22);9H,1-8H2,(H,15,16);3*1H4/t16-,22-;13-;9-;;;/m000.../s1. The third-order valence-electron chi connectivity index (χ3n) is 16.1. The third kappa shape index (κ3) is 14.0. The van der Waals surface area contributed by atoms with Crippen molar-refractivity contribution < 1.29 is 57.2 Å². The summed E-state index contributed by atoms with van der Waals surface area (Å²) < 4.78 is 37.4. The molecule has 6 fully saturated rings. The van der Waals surface area contributed by atoms with Gasteiger partial charge in [-0.3, -0.25) is 24.5 Å². The molecule has 8 heterocycles. The zero-order valence-electron chi connectivity index (χ0n) is 45.0. The van der Waals surface area contributed by atoms with E-state index in [1.54, 1.807) is 17.3 Å². The number of alkyl halides is 1. The fraction of sp³-hybridized carbons (Fsp3) is 0.483. The highest BCUT2D eigenvalue weighted by Gasteiger charge is 2.58. The Hall–Kier alpha value is -6.58. The molecule has 4 atom stereocenters. The third-order valence-corrected chi connectivity index (χ3v) is 18.8. The number of aliphatic imine (C=N–C) groups is 2. The number of nitrogens with zero attached hydrogens (tertiary/aromatic N) is 9. The number of amides is 4. The fourth-order valence-electron chi connectivity index (χ4n) is 11.7. The van der Waals surface area contributed by atoms with Gasteiger partial charge in [0.25, 0.3) is 0 Å². The number of allylic oxidation sites excluding steroid dienone is 1. The summed E-state index contributed by atoms with van der Waals surface area (Å²) in [5, 5.41) is 30.4. The van der Waals surface area contributed by atoms with Crippen LogP contribution < -0.4 is 10.6 Å². The van der Waals surface area contributed by atoms with Crippen LogP contribution in [0.25, 0.3) is 0 Å². The van der Waals surface area contributed by atoms with Crippen molar-refractivity contribution in [2.75, 3.05) is 65.4 Å². The Balaban J connectivity index is 0.000000200. The molecule has 2 aliphatic carbocycles. The van der Waals surface area contributed by atoms with Gasteiger partial charge in [0, 0.05) is 107 Å². The number of carboxylic acid groups (broad SMARTS) is 2. The molecular formula is C58H70BrCl2F2N11O10S2. The van der Waals surface area contributed by atoms with Crippen molar-refractivity contribution in [3.63, 3.8) is 0 Å². The quantitative estimate of drug-likeness (QED) is 0.0638. The molecule has 4 aromatic rings. The maximum absolute atomic E-state index is 13.9. The lowest BCUT2D eigenvalue weighted by Gasteiger charge is -2.38. The van der Waals surface area contributed by atoms with Gasteiger partial charge >= 0.3 is 35.9 Å². The number of amidine groups is 2. The molecule has 0 bridgehead atoms. The number of hydrogen-bond donors (Lipinski definition) is 4. The van der Waals surface area contributed by atoms with Crippen molar-refractivity contribution in [2.24, 2.45) is 9.98 Å². The number of fused-ring (bicyclic) bond motifs is 2. The minimum absolute atomic E-state index is 0. The van der Waals surface area contributed by atoms with E-state index in [1.165, 1.54) is 79.7 Å². The van der Waals surface area contributed by atoms with Crippen LogP contribution in [0.2, 0.25) is 10.0 Å². The van der Waals surface area contributed by atoms with Crippen LogP contribution in [0.1, 0.15) is 113 Å². The number of hydrogen-bond acceptors (Lipinski definition) is 17. The van der Waals surface area contributed by atoms with Crippen molar-refractivity contribution in [1.29, 1.82) is 0 Å². The number of nitrogens with one attached hydrogen (secondary N) is 2. The fourth-order valence-corrected chi connectivity index (χ4v) is 13.8. The number of halogens is 5. The summed E-state index contributed by atoms with van der Waals surface area (Å²) in [5.74, 6) is -2.81. The summed E-state index contributed by atoms with van der Waals surface area (Å²) in [6.45, 7) is 3.94. The van der Waals surface area contributed by atoms with Crippen LogP contribution in [0.3, 0.4) is 0 Å². The molecule has 4 amide bonds. The predicted octanol–water partition coefficient (Wildman–Crippen LogP) is 9.92. The number of methoxy groups -OCH3 is 2. The van der Waals surface area contributed by atoms with Crippen LogP contribution in [0, 0.1) is 11.6 Å². The maximum Gasteiger partial charge on any atom is 0.338 e. The molecular weight excluding hydrogens is 1260 g/mol. The van der Waals surface area contributed by atoms with Crippen LogP contribution in [0.15, 0.2) is 92.1 Å². The second kappa shape index (κ2) is 28.1. The van der Waals surface area contributed by atoms with Gasteiger partial charge in [0.2, 0.25) is 0 Å². The highest BCUT2D eigenvalue weighted by Crippen LogP contribution is 2.49. The number of carbonyl (C=O) groups is 6. The molecule has 0 radical (unpaired) electrons. The first-order valence-electron chi connectivity index (χ1n) is 26.8. The molecule has 4 saturated heterocycles. The summed E-state index contributed by atoms with van der Waals surface area (Å²) >= 11 is 18.8. The lowest BCUT2D eigenvalue weighted by molar-refractivity contribution is -0.139. The van der Waals surface area contributed by atoms with E-state index in [9.17, 15) is 42.7 Å². The predicted molar refractivity (Wildman–Crippen MR) is 328 cm³/mol. The van der Waals surface area contributed by atoms with Gasteiger partial charge in [-0.25, -0.2) is 37.9 Å². The number of benzene rings is 2. The number of carbonyl (C=O) groups excluding carboxylic acids is 4. The average molecular weight is 1330 g/mol. The van der Waals surface area contributed by atoms with Crippen molar-refractivity contribution in [2.45, 2.75) is 115 Å². The Bertz CT molecular complexity index is 3330. The molecule has 21 nitrogen and oxygen atoms in total. The summed E-state index contributed by atoms with van der Waals surface area (Å²) in [5.41, 5.74) is 1.75. The van der Waals surface area contributed by atoms with Crippen molar-refractivity contribution >= 4 is 109 Å². The van der Waals surface area contributed by atoms with E-state index in [4.69, 9.17) is 42.8 Å². The molecule has 6 aliphatic heterocycles. The Labute approximate surface area is 524 Å². The number of carboxylic acids is 2. The van der Waals surface area contributed by atoms with Crippen molar-refractivity contribution in [3.8, 4) is 0 Å². The number of aliphatic carboxylic acids is 2.